The summed E-state index contributed by atoms with van der Waals surface area (Å²) in [5, 5.41) is 11.6. The number of likely N-dealkylation sites (tertiary alicyclic amines) is 2. The molecular weight excluding hydrogens is 370 g/mol. The van der Waals surface area contributed by atoms with Gasteiger partial charge in [0.25, 0.3) is 5.91 Å². The SMILES string of the molecule is CN(C)C(=O)N1CC[C@H](c2nnc3ccc(C(=O)NCCN4CCCC4)cn23)C1. The van der Waals surface area contributed by atoms with Gasteiger partial charge < -0.3 is 20.0 Å². The van der Waals surface area contributed by atoms with Crippen molar-refractivity contribution in [3.8, 4) is 0 Å². The maximum atomic E-state index is 12.6. The molecule has 9 nitrogen and oxygen atoms in total. The number of pyridine rings is 1. The second-order valence-electron chi connectivity index (χ2n) is 8.12. The fourth-order valence-electron chi connectivity index (χ4n) is 4.18. The van der Waals surface area contributed by atoms with E-state index in [9.17, 15) is 9.59 Å². The standard InChI is InChI=1S/C20H29N7O2/c1-24(2)20(29)26-11-7-15(13-26)18-23-22-17-6-5-16(14-27(17)18)19(28)21-8-12-25-9-3-4-10-25/h5-6,14-15H,3-4,7-13H2,1-2H3,(H,21,28)/t15-/m0/s1. The Kier molecular flexibility index (Phi) is 5.66. The third-order valence-corrected chi connectivity index (χ3v) is 5.81. The van der Waals surface area contributed by atoms with Crippen LogP contribution in [0.5, 0.6) is 0 Å². The van der Waals surface area contributed by atoms with Crippen LogP contribution in [-0.2, 0) is 0 Å². The molecule has 0 saturated carbocycles. The third kappa shape index (κ3) is 4.19. The van der Waals surface area contributed by atoms with Gasteiger partial charge in [-0.1, -0.05) is 0 Å². The Morgan fingerprint density at radius 2 is 1.97 bits per heavy atom. The fourth-order valence-corrected chi connectivity index (χ4v) is 4.18. The fraction of sp³-hybridized carbons (Fsp3) is 0.600. The number of nitrogens with one attached hydrogen (secondary N) is 1. The van der Waals surface area contributed by atoms with E-state index in [0.29, 0.717) is 30.8 Å². The number of nitrogens with zero attached hydrogens (tertiary/aromatic N) is 6. The number of rotatable bonds is 5. The Morgan fingerprint density at radius 3 is 2.72 bits per heavy atom. The Labute approximate surface area is 170 Å². The van der Waals surface area contributed by atoms with Gasteiger partial charge in [0, 0.05) is 52.4 Å². The summed E-state index contributed by atoms with van der Waals surface area (Å²) >= 11 is 0. The number of aromatic nitrogens is 3. The topological polar surface area (TPSA) is 86.1 Å². The minimum absolute atomic E-state index is 0.0133. The Bertz CT molecular complexity index is 888. The minimum atomic E-state index is -0.0819. The van der Waals surface area contributed by atoms with E-state index in [1.54, 1.807) is 25.1 Å². The van der Waals surface area contributed by atoms with Gasteiger partial charge in [-0.3, -0.25) is 9.20 Å². The molecule has 4 heterocycles. The molecule has 0 spiro atoms. The van der Waals surface area contributed by atoms with E-state index < -0.39 is 0 Å². The van der Waals surface area contributed by atoms with Crippen LogP contribution >= 0.6 is 0 Å². The average molecular weight is 399 g/mol. The molecule has 2 aromatic rings. The van der Waals surface area contributed by atoms with Crippen molar-refractivity contribution >= 4 is 17.6 Å². The molecule has 0 aliphatic carbocycles. The zero-order chi connectivity index (χ0) is 20.4. The number of hydrogen-bond donors (Lipinski definition) is 1. The van der Waals surface area contributed by atoms with Gasteiger partial charge in [0.1, 0.15) is 5.82 Å². The molecule has 29 heavy (non-hydrogen) atoms. The highest BCUT2D eigenvalue weighted by atomic mass is 16.2. The maximum absolute atomic E-state index is 12.6. The first-order valence-electron chi connectivity index (χ1n) is 10.3. The maximum Gasteiger partial charge on any atom is 0.319 e. The summed E-state index contributed by atoms with van der Waals surface area (Å²) in [4.78, 5) is 30.6. The molecule has 156 valence electrons. The van der Waals surface area contributed by atoms with Crippen molar-refractivity contribution in [1.82, 2.24) is 34.6 Å². The van der Waals surface area contributed by atoms with Crippen LogP contribution in [0.2, 0.25) is 0 Å². The van der Waals surface area contributed by atoms with Gasteiger partial charge in [0.15, 0.2) is 5.65 Å². The summed E-state index contributed by atoms with van der Waals surface area (Å²) in [6, 6.07) is 3.62. The number of hydrogen-bond acceptors (Lipinski definition) is 5. The zero-order valence-corrected chi connectivity index (χ0v) is 17.2. The zero-order valence-electron chi connectivity index (χ0n) is 17.2. The number of amides is 3. The van der Waals surface area contributed by atoms with E-state index in [1.165, 1.54) is 12.8 Å². The molecule has 2 fully saturated rings. The predicted octanol–water partition coefficient (Wildman–Crippen LogP) is 1.03. The number of fused-ring (bicyclic) bond motifs is 1. The van der Waals surface area contributed by atoms with E-state index in [1.807, 2.05) is 21.6 Å². The van der Waals surface area contributed by atoms with Crippen LogP contribution in [0.4, 0.5) is 4.79 Å². The highest BCUT2D eigenvalue weighted by Gasteiger charge is 2.31. The smallest absolute Gasteiger partial charge is 0.319 e. The van der Waals surface area contributed by atoms with Crippen LogP contribution in [0.3, 0.4) is 0 Å². The van der Waals surface area contributed by atoms with Gasteiger partial charge >= 0.3 is 6.03 Å². The monoisotopic (exact) mass is 399 g/mol. The minimum Gasteiger partial charge on any atom is -0.351 e. The van der Waals surface area contributed by atoms with Gasteiger partial charge in [-0.15, -0.1) is 10.2 Å². The Morgan fingerprint density at radius 1 is 1.17 bits per heavy atom. The van der Waals surface area contributed by atoms with Crippen molar-refractivity contribution in [1.29, 1.82) is 0 Å². The first kappa shape index (κ1) is 19.6. The van der Waals surface area contributed by atoms with Gasteiger partial charge in [-0.05, 0) is 44.5 Å². The molecule has 0 aromatic carbocycles. The molecule has 0 radical (unpaired) electrons. The van der Waals surface area contributed by atoms with Crippen molar-refractivity contribution in [2.24, 2.45) is 0 Å². The van der Waals surface area contributed by atoms with Gasteiger partial charge in [-0.2, -0.15) is 0 Å². The molecule has 9 heteroatoms. The Balaban J connectivity index is 1.43. The largest absolute Gasteiger partial charge is 0.351 e. The number of carbonyl (C=O) groups excluding carboxylic acids is 2. The summed E-state index contributed by atoms with van der Waals surface area (Å²) in [6.45, 7) is 5.11. The van der Waals surface area contributed by atoms with Crippen molar-refractivity contribution in [2.45, 2.75) is 25.2 Å². The lowest BCUT2D eigenvalue weighted by Gasteiger charge is -2.21. The second kappa shape index (κ2) is 8.36. The lowest BCUT2D eigenvalue weighted by molar-refractivity contribution is 0.0949. The summed E-state index contributed by atoms with van der Waals surface area (Å²) in [7, 11) is 3.52. The summed E-state index contributed by atoms with van der Waals surface area (Å²) in [5.74, 6) is 0.838. The molecule has 1 N–H and O–H groups in total. The van der Waals surface area contributed by atoms with Crippen LogP contribution in [0.1, 0.15) is 41.4 Å². The first-order valence-corrected chi connectivity index (χ1v) is 10.3. The van der Waals surface area contributed by atoms with Crippen molar-refractivity contribution in [2.75, 3.05) is 53.4 Å². The van der Waals surface area contributed by atoms with Crippen LogP contribution < -0.4 is 5.32 Å². The third-order valence-electron chi connectivity index (χ3n) is 5.81. The van der Waals surface area contributed by atoms with Crippen LogP contribution in [0, 0.1) is 0 Å². The van der Waals surface area contributed by atoms with Gasteiger partial charge in [-0.25, -0.2) is 4.79 Å². The second-order valence-corrected chi connectivity index (χ2v) is 8.12. The summed E-state index contributed by atoms with van der Waals surface area (Å²) in [6.07, 6.45) is 5.15. The van der Waals surface area contributed by atoms with Crippen molar-refractivity contribution < 1.29 is 9.59 Å². The van der Waals surface area contributed by atoms with Crippen LogP contribution in [0.25, 0.3) is 5.65 Å². The molecule has 2 saturated heterocycles. The summed E-state index contributed by atoms with van der Waals surface area (Å²) < 4.78 is 1.89. The van der Waals surface area contributed by atoms with Gasteiger partial charge in [0.05, 0.1) is 5.56 Å². The van der Waals surface area contributed by atoms with Gasteiger partial charge in [0.2, 0.25) is 0 Å². The first-order chi connectivity index (χ1) is 14.0. The molecule has 0 bridgehead atoms. The Hall–Kier alpha value is -2.68. The lowest BCUT2D eigenvalue weighted by Crippen LogP contribution is -2.37. The molecule has 2 aliphatic heterocycles. The highest BCUT2D eigenvalue weighted by Crippen LogP contribution is 2.27. The lowest BCUT2D eigenvalue weighted by atomic mass is 10.1. The quantitative estimate of drug-likeness (QED) is 0.812. The number of carbonyl (C=O) groups is 2. The van der Waals surface area contributed by atoms with Crippen molar-refractivity contribution in [3.63, 3.8) is 0 Å². The van der Waals surface area contributed by atoms with E-state index >= 15 is 0 Å². The summed E-state index contributed by atoms with van der Waals surface area (Å²) in [5.41, 5.74) is 1.31. The van der Waals surface area contributed by atoms with E-state index in [-0.39, 0.29) is 17.9 Å². The van der Waals surface area contributed by atoms with E-state index in [0.717, 1.165) is 31.9 Å². The molecular formula is C20H29N7O2. The molecule has 3 amide bonds. The van der Waals surface area contributed by atoms with E-state index in [2.05, 4.69) is 20.4 Å². The molecule has 4 rings (SSSR count). The van der Waals surface area contributed by atoms with Crippen molar-refractivity contribution in [3.05, 3.63) is 29.7 Å². The predicted molar refractivity (Wildman–Crippen MR) is 109 cm³/mol. The average Bonchev–Trinajstić information content (AvgIpc) is 3.46. The molecule has 0 unspecified atom stereocenters. The molecule has 1 atom stereocenters. The van der Waals surface area contributed by atoms with E-state index in [4.69, 9.17) is 0 Å². The number of urea groups is 1. The van der Waals surface area contributed by atoms with Crippen LogP contribution in [-0.4, -0.2) is 94.6 Å². The van der Waals surface area contributed by atoms with Crippen LogP contribution in [0.15, 0.2) is 18.3 Å². The molecule has 2 aromatic heterocycles. The molecule has 2 aliphatic rings. The normalized spacial score (nSPS) is 19.8. The highest BCUT2D eigenvalue weighted by molar-refractivity contribution is 5.94.